The lowest BCUT2D eigenvalue weighted by Crippen LogP contribution is -2.30. The Labute approximate surface area is 118 Å². The lowest BCUT2D eigenvalue weighted by atomic mass is 9.99. The zero-order valence-electron chi connectivity index (χ0n) is 11.0. The molecule has 2 aromatic rings. The lowest BCUT2D eigenvalue weighted by molar-refractivity contribution is 0.809. The second-order valence-electron chi connectivity index (χ2n) is 4.63. The Kier molecular flexibility index (Phi) is 3.42. The molecule has 20 heavy (non-hydrogen) atoms. The predicted octanol–water partition coefficient (Wildman–Crippen LogP) is 2.64. The average Bonchev–Trinajstić information content (AvgIpc) is 2.56. The molecule has 0 N–H and O–H groups in total. The Bertz CT molecular complexity index is 670. The van der Waals surface area contributed by atoms with Crippen LogP contribution in [0.5, 0.6) is 0 Å². The van der Waals surface area contributed by atoms with Crippen molar-refractivity contribution in [2.24, 2.45) is 0 Å². The van der Waals surface area contributed by atoms with Crippen LogP contribution >= 0.6 is 0 Å². The van der Waals surface area contributed by atoms with Crippen LogP contribution in [0.3, 0.4) is 0 Å². The van der Waals surface area contributed by atoms with Crippen molar-refractivity contribution in [1.29, 1.82) is 5.26 Å². The van der Waals surface area contributed by atoms with E-state index in [1.54, 1.807) is 12.4 Å². The van der Waals surface area contributed by atoms with Crippen molar-refractivity contribution in [2.75, 3.05) is 18.0 Å². The fourth-order valence-electron chi connectivity index (χ4n) is 2.42. The van der Waals surface area contributed by atoms with Gasteiger partial charge in [0, 0.05) is 25.5 Å². The lowest BCUT2D eigenvalue weighted by Gasteiger charge is -2.27. The molecule has 0 spiro atoms. The minimum atomic E-state index is 0.393. The topological polar surface area (TPSA) is 52.8 Å². The molecule has 4 heteroatoms. The molecule has 4 nitrogen and oxygen atoms in total. The zero-order chi connectivity index (χ0) is 13.8. The van der Waals surface area contributed by atoms with Crippen molar-refractivity contribution in [1.82, 2.24) is 9.97 Å². The molecule has 2 heterocycles. The summed E-state index contributed by atoms with van der Waals surface area (Å²) in [5.74, 6) is 0.679. The van der Waals surface area contributed by atoms with Crippen molar-refractivity contribution < 1.29 is 0 Å². The first-order valence-electron chi connectivity index (χ1n) is 6.59. The van der Waals surface area contributed by atoms with Crippen molar-refractivity contribution in [3.8, 4) is 6.07 Å². The van der Waals surface area contributed by atoms with Gasteiger partial charge in [-0.25, -0.2) is 9.97 Å². The number of benzene rings is 1. The van der Waals surface area contributed by atoms with Gasteiger partial charge < -0.3 is 4.90 Å². The molecule has 1 aliphatic rings. The molecule has 0 fully saturated rings. The molecule has 0 unspecified atom stereocenters. The molecule has 1 aromatic heterocycles. The average molecular weight is 262 g/mol. The summed E-state index contributed by atoms with van der Waals surface area (Å²) in [6.45, 7) is 1.62. The largest absolute Gasteiger partial charge is 0.350 e. The van der Waals surface area contributed by atoms with E-state index in [1.165, 1.54) is 11.1 Å². The first-order valence-corrected chi connectivity index (χ1v) is 6.59. The van der Waals surface area contributed by atoms with Crippen LogP contribution in [0.4, 0.5) is 5.82 Å². The fraction of sp³-hybridized carbons (Fsp3) is 0.188. The molecule has 0 saturated heterocycles. The Morgan fingerprint density at radius 3 is 2.60 bits per heavy atom. The summed E-state index contributed by atoms with van der Waals surface area (Å²) in [6.07, 6.45) is 6.34. The van der Waals surface area contributed by atoms with Gasteiger partial charge in [0.2, 0.25) is 0 Å². The third kappa shape index (κ3) is 2.39. The number of nitriles is 1. The van der Waals surface area contributed by atoms with Crippen molar-refractivity contribution in [2.45, 2.75) is 6.42 Å². The van der Waals surface area contributed by atoms with E-state index in [-0.39, 0.29) is 0 Å². The smallest absolute Gasteiger partial charge is 0.183 e. The molecule has 0 amide bonds. The highest BCUT2D eigenvalue weighted by Gasteiger charge is 2.17. The first-order chi connectivity index (χ1) is 9.88. The van der Waals surface area contributed by atoms with Gasteiger partial charge in [-0.1, -0.05) is 36.4 Å². The van der Waals surface area contributed by atoms with E-state index < -0.39 is 0 Å². The highest BCUT2D eigenvalue weighted by Crippen LogP contribution is 2.25. The van der Waals surface area contributed by atoms with Gasteiger partial charge in [0.25, 0.3) is 0 Å². The van der Waals surface area contributed by atoms with Crippen LogP contribution in [0.15, 0.2) is 48.8 Å². The fourth-order valence-corrected chi connectivity index (χ4v) is 2.42. The number of hydrogen-bond donors (Lipinski definition) is 0. The van der Waals surface area contributed by atoms with E-state index in [0.717, 1.165) is 19.5 Å². The summed E-state index contributed by atoms with van der Waals surface area (Å²) >= 11 is 0. The number of nitrogens with zero attached hydrogens (tertiary/aromatic N) is 4. The summed E-state index contributed by atoms with van der Waals surface area (Å²) in [5, 5.41) is 9.08. The van der Waals surface area contributed by atoms with Crippen LogP contribution in [0.25, 0.3) is 5.57 Å². The van der Waals surface area contributed by atoms with Crippen LogP contribution in [0, 0.1) is 11.3 Å². The van der Waals surface area contributed by atoms with Crippen LogP contribution in [-0.4, -0.2) is 23.1 Å². The highest BCUT2D eigenvalue weighted by molar-refractivity contribution is 5.68. The van der Waals surface area contributed by atoms with E-state index in [9.17, 15) is 0 Å². The molecule has 1 aromatic carbocycles. The van der Waals surface area contributed by atoms with Crippen molar-refractivity contribution in [3.63, 3.8) is 0 Å². The summed E-state index contributed by atoms with van der Waals surface area (Å²) in [4.78, 5) is 10.4. The second kappa shape index (κ2) is 5.54. The van der Waals surface area contributed by atoms with Crippen LogP contribution in [-0.2, 0) is 0 Å². The standard InChI is InChI=1S/C16H14N4/c17-12-15-16(19-9-8-18-15)20-10-6-14(7-11-20)13-4-2-1-3-5-13/h1-6,8-9H,7,10-11H2. The van der Waals surface area contributed by atoms with E-state index in [0.29, 0.717) is 11.5 Å². The van der Waals surface area contributed by atoms with Crippen molar-refractivity contribution >= 4 is 11.4 Å². The van der Waals surface area contributed by atoms with E-state index in [2.05, 4.69) is 51.3 Å². The maximum atomic E-state index is 9.08. The maximum absolute atomic E-state index is 9.08. The highest BCUT2D eigenvalue weighted by atomic mass is 15.2. The van der Waals surface area contributed by atoms with Gasteiger partial charge in [0.15, 0.2) is 11.5 Å². The Balaban J connectivity index is 1.82. The molecular formula is C16H14N4. The van der Waals surface area contributed by atoms with E-state index >= 15 is 0 Å². The van der Waals surface area contributed by atoms with Crippen LogP contribution < -0.4 is 4.90 Å². The maximum Gasteiger partial charge on any atom is 0.183 e. The number of anilines is 1. The molecule has 0 bridgehead atoms. The molecule has 98 valence electrons. The summed E-state index contributed by atoms with van der Waals surface area (Å²) < 4.78 is 0. The quantitative estimate of drug-likeness (QED) is 0.835. The Hall–Kier alpha value is -2.67. The zero-order valence-corrected chi connectivity index (χ0v) is 11.0. The molecule has 0 aliphatic carbocycles. The number of aromatic nitrogens is 2. The molecule has 1 aliphatic heterocycles. The number of rotatable bonds is 2. The molecule has 0 radical (unpaired) electrons. The first kappa shape index (κ1) is 12.4. The Morgan fingerprint density at radius 2 is 1.90 bits per heavy atom. The minimum Gasteiger partial charge on any atom is -0.350 e. The van der Waals surface area contributed by atoms with Gasteiger partial charge in [0.05, 0.1) is 0 Å². The van der Waals surface area contributed by atoms with Crippen LogP contribution in [0.2, 0.25) is 0 Å². The van der Waals surface area contributed by atoms with Gasteiger partial charge >= 0.3 is 0 Å². The predicted molar refractivity (Wildman–Crippen MR) is 78.0 cm³/mol. The van der Waals surface area contributed by atoms with Crippen LogP contribution in [0.1, 0.15) is 17.7 Å². The van der Waals surface area contributed by atoms with Gasteiger partial charge in [-0.15, -0.1) is 0 Å². The van der Waals surface area contributed by atoms with E-state index in [4.69, 9.17) is 5.26 Å². The summed E-state index contributed by atoms with van der Waals surface area (Å²) in [6, 6.07) is 12.5. The Morgan fingerprint density at radius 1 is 1.10 bits per heavy atom. The van der Waals surface area contributed by atoms with Gasteiger partial charge in [-0.2, -0.15) is 5.26 Å². The third-order valence-corrected chi connectivity index (χ3v) is 3.44. The molecule has 3 rings (SSSR count). The summed E-state index contributed by atoms with van der Waals surface area (Å²) in [5.41, 5.74) is 3.01. The summed E-state index contributed by atoms with van der Waals surface area (Å²) in [7, 11) is 0. The monoisotopic (exact) mass is 262 g/mol. The molecule has 0 saturated carbocycles. The minimum absolute atomic E-state index is 0.393. The number of hydrogen-bond acceptors (Lipinski definition) is 4. The molecular weight excluding hydrogens is 248 g/mol. The third-order valence-electron chi connectivity index (χ3n) is 3.44. The van der Waals surface area contributed by atoms with Gasteiger partial charge in [-0.3, -0.25) is 0 Å². The molecule has 0 atom stereocenters. The SMILES string of the molecule is N#Cc1nccnc1N1CC=C(c2ccccc2)CC1. The van der Waals surface area contributed by atoms with Gasteiger partial charge in [0.1, 0.15) is 6.07 Å². The second-order valence-corrected chi connectivity index (χ2v) is 4.63. The van der Waals surface area contributed by atoms with Crippen molar-refractivity contribution in [3.05, 3.63) is 60.1 Å². The normalized spacial score (nSPS) is 14.6. The van der Waals surface area contributed by atoms with E-state index in [1.807, 2.05) is 6.07 Å². The van der Waals surface area contributed by atoms with Gasteiger partial charge in [-0.05, 0) is 17.6 Å².